The Morgan fingerprint density at radius 1 is 1.12 bits per heavy atom. The van der Waals surface area contributed by atoms with Crippen LogP contribution in [0.15, 0.2) is 85.5 Å². The van der Waals surface area contributed by atoms with Crippen molar-refractivity contribution < 1.29 is 19.4 Å². The molecule has 1 fully saturated rings. The number of likely N-dealkylation sites (tertiary alicyclic amines) is 1. The van der Waals surface area contributed by atoms with E-state index in [1.807, 2.05) is 42.0 Å². The third-order valence-corrected chi connectivity index (χ3v) is 5.80. The molecule has 4 rings (SSSR count). The van der Waals surface area contributed by atoms with Gasteiger partial charge >= 0.3 is 0 Å². The van der Waals surface area contributed by atoms with Crippen molar-refractivity contribution in [2.24, 2.45) is 0 Å². The van der Waals surface area contributed by atoms with Gasteiger partial charge in [-0.25, -0.2) is 4.98 Å². The molecule has 1 N–H and O–H groups in total. The number of amides is 1. The molecule has 1 atom stereocenters. The number of carbonyl (C=O) groups is 2. The number of aromatic nitrogens is 2. The van der Waals surface area contributed by atoms with Gasteiger partial charge in [0.1, 0.15) is 18.1 Å². The lowest BCUT2D eigenvalue weighted by Crippen LogP contribution is -2.31. The fourth-order valence-electron chi connectivity index (χ4n) is 4.07. The number of hydrogen-bond donors (Lipinski definition) is 1. The monoisotopic (exact) mass is 457 g/mol. The van der Waals surface area contributed by atoms with Gasteiger partial charge in [0.15, 0.2) is 0 Å². The van der Waals surface area contributed by atoms with Crippen LogP contribution in [0.1, 0.15) is 29.2 Å². The van der Waals surface area contributed by atoms with Gasteiger partial charge < -0.3 is 19.3 Å². The van der Waals surface area contributed by atoms with Gasteiger partial charge in [0.2, 0.25) is 0 Å². The molecule has 1 aliphatic heterocycles. The van der Waals surface area contributed by atoms with Crippen LogP contribution in [0.3, 0.4) is 0 Å². The van der Waals surface area contributed by atoms with Gasteiger partial charge in [-0.1, -0.05) is 42.5 Å². The molecule has 7 heteroatoms. The molecule has 1 amide bonds. The number of ketones is 1. The zero-order chi connectivity index (χ0) is 24.1. The summed E-state index contributed by atoms with van der Waals surface area (Å²) in [6.07, 6.45) is 7.55. The summed E-state index contributed by atoms with van der Waals surface area (Å²) in [5.74, 6) is -0.871. The SMILES string of the molecule is C=CCOc1ccc(/C(O)=C2\C(=O)C(=O)N(CCCn3ccnc3)C2c2ccc(C)cc2)cc1. The van der Waals surface area contributed by atoms with Crippen LogP contribution in [-0.2, 0) is 16.1 Å². The van der Waals surface area contributed by atoms with Gasteiger partial charge in [0.05, 0.1) is 17.9 Å². The second-order valence-electron chi connectivity index (χ2n) is 8.18. The number of carbonyl (C=O) groups excluding carboxylic acids is 2. The van der Waals surface area contributed by atoms with Crippen LogP contribution >= 0.6 is 0 Å². The highest BCUT2D eigenvalue weighted by molar-refractivity contribution is 6.46. The second-order valence-corrected chi connectivity index (χ2v) is 8.18. The van der Waals surface area contributed by atoms with Gasteiger partial charge in [-0.05, 0) is 43.2 Å². The molecule has 0 radical (unpaired) electrons. The predicted octanol–water partition coefficient (Wildman–Crippen LogP) is 4.27. The van der Waals surface area contributed by atoms with Gasteiger partial charge in [-0.15, -0.1) is 0 Å². The first-order valence-electron chi connectivity index (χ1n) is 11.1. The number of benzene rings is 2. The Hall–Kier alpha value is -4.13. The summed E-state index contributed by atoms with van der Waals surface area (Å²) in [6, 6.07) is 13.8. The number of rotatable bonds is 9. The zero-order valence-electron chi connectivity index (χ0n) is 19.1. The van der Waals surface area contributed by atoms with Crippen LogP contribution in [0.4, 0.5) is 0 Å². The van der Waals surface area contributed by atoms with Crippen LogP contribution in [0.5, 0.6) is 5.75 Å². The minimum Gasteiger partial charge on any atom is -0.507 e. The molecule has 0 aliphatic carbocycles. The van der Waals surface area contributed by atoms with Crippen molar-refractivity contribution >= 4 is 17.4 Å². The first-order chi connectivity index (χ1) is 16.5. The first-order valence-corrected chi connectivity index (χ1v) is 11.1. The Balaban J connectivity index is 1.68. The number of hydrogen-bond acceptors (Lipinski definition) is 5. The normalized spacial score (nSPS) is 17.2. The third kappa shape index (κ3) is 4.78. The lowest BCUT2D eigenvalue weighted by Gasteiger charge is -2.25. The number of imidazole rings is 1. The van der Waals surface area contributed by atoms with E-state index in [2.05, 4.69) is 11.6 Å². The Labute approximate surface area is 198 Å². The number of aryl methyl sites for hydroxylation is 2. The summed E-state index contributed by atoms with van der Waals surface area (Å²) >= 11 is 0. The highest BCUT2D eigenvalue weighted by Gasteiger charge is 2.45. The smallest absolute Gasteiger partial charge is 0.295 e. The van der Waals surface area contributed by atoms with E-state index in [1.54, 1.807) is 47.8 Å². The molecule has 1 saturated heterocycles. The lowest BCUT2D eigenvalue weighted by atomic mass is 9.94. The summed E-state index contributed by atoms with van der Waals surface area (Å²) in [7, 11) is 0. The number of ether oxygens (including phenoxy) is 1. The van der Waals surface area contributed by atoms with E-state index in [0.717, 1.165) is 11.1 Å². The van der Waals surface area contributed by atoms with Crippen LogP contribution in [0, 0.1) is 6.92 Å². The maximum absolute atomic E-state index is 13.1. The molecule has 2 heterocycles. The molecule has 0 spiro atoms. The molecule has 34 heavy (non-hydrogen) atoms. The van der Waals surface area contributed by atoms with E-state index in [0.29, 0.717) is 37.4 Å². The van der Waals surface area contributed by atoms with Crippen molar-refractivity contribution in [3.63, 3.8) is 0 Å². The third-order valence-electron chi connectivity index (χ3n) is 5.80. The molecule has 2 aromatic carbocycles. The van der Waals surface area contributed by atoms with Gasteiger partial charge in [-0.2, -0.15) is 0 Å². The molecule has 3 aromatic rings. The van der Waals surface area contributed by atoms with Crippen molar-refractivity contribution in [1.29, 1.82) is 0 Å². The van der Waals surface area contributed by atoms with E-state index >= 15 is 0 Å². The summed E-state index contributed by atoms with van der Waals surface area (Å²) in [4.78, 5) is 31.8. The van der Waals surface area contributed by atoms with Crippen molar-refractivity contribution in [1.82, 2.24) is 14.5 Å². The lowest BCUT2D eigenvalue weighted by molar-refractivity contribution is -0.139. The number of aliphatic hydroxyl groups excluding tert-OH is 1. The van der Waals surface area contributed by atoms with Gasteiger partial charge in [0, 0.05) is 31.0 Å². The van der Waals surface area contributed by atoms with Crippen LogP contribution in [-0.4, -0.2) is 44.4 Å². The Bertz CT molecular complexity index is 1200. The van der Waals surface area contributed by atoms with E-state index < -0.39 is 17.7 Å². The van der Waals surface area contributed by atoms with E-state index in [4.69, 9.17) is 4.74 Å². The average Bonchev–Trinajstić information content (AvgIpc) is 3.45. The fraction of sp³-hybridized carbons (Fsp3) is 0.222. The zero-order valence-corrected chi connectivity index (χ0v) is 19.1. The largest absolute Gasteiger partial charge is 0.507 e. The summed E-state index contributed by atoms with van der Waals surface area (Å²) in [5, 5.41) is 11.2. The van der Waals surface area contributed by atoms with Crippen molar-refractivity contribution in [2.45, 2.75) is 25.9 Å². The Morgan fingerprint density at radius 2 is 1.85 bits per heavy atom. The number of Topliss-reactive ketones (excluding diaryl/α,β-unsaturated/α-hetero) is 1. The maximum Gasteiger partial charge on any atom is 0.295 e. The minimum absolute atomic E-state index is 0.0937. The molecule has 0 saturated carbocycles. The van der Waals surface area contributed by atoms with Crippen LogP contribution in [0.2, 0.25) is 0 Å². The standard InChI is InChI=1S/C27H27N3O4/c1-3-17-34-22-11-9-21(10-12-22)25(31)23-24(20-7-5-19(2)6-8-20)30(27(33)26(23)32)15-4-14-29-16-13-28-18-29/h3,5-13,16,18,24,31H,1,4,14-15,17H2,2H3/b25-23+. The topological polar surface area (TPSA) is 84.7 Å². The quantitative estimate of drug-likeness (QED) is 0.225. The highest BCUT2D eigenvalue weighted by atomic mass is 16.5. The summed E-state index contributed by atoms with van der Waals surface area (Å²) < 4.78 is 7.42. The number of nitrogens with zero attached hydrogens (tertiary/aromatic N) is 3. The Morgan fingerprint density at radius 3 is 2.50 bits per heavy atom. The molecule has 1 unspecified atom stereocenters. The fourth-order valence-corrected chi connectivity index (χ4v) is 4.07. The van der Waals surface area contributed by atoms with Crippen LogP contribution < -0.4 is 4.74 Å². The Kier molecular flexibility index (Phi) is 6.92. The second kappa shape index (κ2) is 10.2. The molecule has 1 aromatic heterocycles. The number of aliphatic hydroxyl groups is 1. The van der Waals surface area contributed by atoms with Crippen molar-refractivity contribution in [3.8, 4) is 5.75 Å². The van der Waals surface area contributed by atoms with E-state index in [1.165, 1.54) is 0 Å². The molecule has 1 aliphatic rings. The van der Waals surface area contributed by atoms with E-state index in [9.17, 15) is 14.7 Å². The summed E-state index contributed by atoms with van der Waals surface area (Å²) in [6.45, 7) is 6.99. The molecule has 174 valence electrons. The van der Waals surface area contributed by atoms with Crippen molar-refractivity contribution in [2.75, 3.05) is 13.2 Å². The minimum atomic E-state index is -0.683. The average molecular weight is 458 g/mol. The van der Waals surface area contributed by atoms with Crippen molar-refractivity contribution in [3.05, 3.63) is 102 Å². The van der Waals surface area contributed by atoms with E-state index in [-0.39, 0.29) is 11.3 Å². The highest BCUT2D eigenvalue weighted by Crippen LogP contribution is 2.39. The van der Waals surface area contributed by atoms with Gasteiger partial charge in [0.25, 0.3) is 11.7 Å². The maximum atomic E-state index is 13.1. The molecular weight excluding hydrogens is 430 g/mol. The molecule has 7 nitrogen and oxygen atoms in total. The van der Waals surface area contributed by atoms with Gasteiger partial charge in [-0.3, -0.25) is 9.59 Å². The predicted molar refractivity (Wildman–Crippen MR) is 129 cm³/mol. The molecular formula is C27H27N3O4. The van der Waals surface area contributed by atoms with Crippen LogP contribution in [0.25, 0.3) is 5.76 Å². The molecule has 0 bridgehead atoms. The summed E-state index contributed by atoms with van der Waals surface area (Å²) in [5.41, 5.74) is 2.38. The first kappa shape index (κ1) is 23.0.